The predicted octanol–water partition coefficient (Wildman–Crippen LogP) is 2.18. The lowest BCUT2D eigenvalue weighted by Gasteiger charge is -2.38. The van der Waals surface area contributed by atoms with Gasteiger partial charge in [-0.2, -0.15) is 5.10 Å². The largest absolute Gasteiger partial charge is 0.444 e. The van der Waals surface area contributed by atoms with Crippen molar-refractivity contribution < 1.29 is 14.3 Å². The molecule has 1 aromatic rings. The minimum atomic E-state index is -0.532. The van der Waals surface area contributed by atoms with E-state index >= 15 is 0 Å². The van der Waals surface area contributed by atoms with Crippen molar-refractivity contribution in [2.75, 3.05) is 13.1 Å². The van der Waals surface area contributed by atoms with Crippen LogP contribution in [-0.4, -0.2) is 51.8 Å². The van der Waals surface area contributed by atoms with E-state index in [-0.39, 0.29) is 11.9 Å². The van der Waals surface area contributed by atoms with Gasteiger partial charge in [-0.3, -0.25) is 9.89 Å². The van der Waals surface area contributed by atoms with Gasteiger partial charge in [0, 0.05) is 25.3 Å². The Labute approximate surface area is 136 Å². The highest BCUT2D eigenvalue weighted by Gasteiger charge is 2.31. The van der Waals surface area contributed by atoms with E-state index in [9.17, 15) is 9.59 Å². The van der Waals surface area contributed by atoms with E-state index in [1.165, 1.54) is 0 Å². The van der Waals surface area contributed by atoms with Gasteiger partial charge in [-0.15, -0.1) is 0 Å². The molecule has 7 heteroatoms. The van der Waals surface area contributed by atoms with E-state index in [2.05, 4.69) is 22.4 Å². The summed E-state index contributed by atoms with van der Waals surface area (Å²) in [5.74, 6) is 0.441. The molecule has 23 heavy (non-hydrogen) atoms. The third-order valence-electron chi connectivity index (χ3n) is 3.85. The second-order valence-corrected chi connectivity index (χ2v) is 7.14. The normalized spacial score (nSPS) is 21.8. The van der Waals surface area contributed by atoms with E-state index in [4.69, 9.17) is 4.74 Å². The summed E-state index contributed by atoms with van der Waals surface area (Å²) < 4.78 is 5.25. The summed E-state index contributed by atoms with van der Waals surface area (Å²) in [6.07, 6.45) is 2.93. The standard InChI is InChI=1S/C16H26N4O3/c1-11-6-8-20(14(21)13-5-7-18-19-13)12(9-11)10-17-15(22)23-16(2,3)4/h5,7,11-12H,6,8-10H2,1-4H3,(H,17,22)(H,18,19)/t11-,12+/m1/s1. The maximum Gasteiger partial charge on any atom is 0.407 e. The minimum Gasteiger partial charge on any atom is -0.444 e. The topological polar surface area (TPSA) is 87.3 Å². The van der Waals surface area contributed by atoms with Crippen LogP contribution < -0.4 is 5.32 Å². The molecule has 0 radical (unpaired) electrons. The van der Waals surface area contributed by atoms with Crippen molar-refractivity contribution in [1.29, 1.82) is 0 Å². The molecule has 0 bridgehead atoms. The van der Waals surface area contributed by atoms with Gasteiger partial charge in [0.05, 0.1) is 0 Å². The monoisotopic (exact) mass is 322 g/mol. The number of nitrogens with one attached hydrogen (secondary N) is 2. The smallest absolute Gasteiger partial charge is 0.407 e. The maximum absolute atomic E-state index is 12.6. The Kier molecular flexibility index (Phi) is 5.28. The van der Waals surface area contributed by atoms with Gasteiger partial charge in [-0.1, -0.05) is 6.92 Å². The molecule has 0 aliphatic carbocycles. The second kappa shape index (κ2) is 7.02. The Hall–Kier alpha value is -2.05. The fourth-order valence-electron chi connectivity index (χ4n) is 2.76. The molecule has 0 unspecified atom stereocenters. The van der Waals surface area contributed by atoms with E-state index in [1.54, 1.807) is 12.3 Å². The summed E-state index contributed by atoms with van der Waals surface area (Å²) in [5, 5.41) is 9.32. The fourth-order valence-corrected chi connectivity index (χ4v) is 2.76. The zero-order chi connectivity index (χ0) is 17.0. The zero-order valence-electron chi connectivity index (χ0n) is 14.3. The number of carbonyl (C=O) groups excluding carboxylic acids is 2. The molecule has 128 valence electrons. The SMILES string of the molecule is C[C@@H]1CCN(C(=O)c2ccn[nH]2)[C@H](CNC(=O)OC(C)(C)C)C1. The second-order valence-electron chi connectivity index (χ2n) is 7.14. The van der Waals surface area contributed by atoms with Crippen LogP contribution in [0.3, 0.4) is 0 Å². The molecule has 1 saturated heterocycles. The van der Waals surface area contributed by atoms with Gasteiger partial charge in [0.1, 0.15) is 11.3 Å². The molecule has 2 amide bonds. The third-order valence-corrected chi connectivity index (χ3v) is 3.85. The Morgan fingerprint density at radius 3 is 2.83 bits per heavy atom. The molecule has 0 saturated carbocycles. The first kappa shape index (κ1) is 17.3. The van der Waals surface area contributed by atoms with Gasteiger partial charge in [-0.05, 0) is 45.6 Å². The fraction of sp³-hybridized carbons (Fsp3) is 0.688. The number of rotatable bonds is 3. The number of hydrogen-bond donors (Lipinski definition) is 2. The summed E-state index contributed by atoms with van der Waals surface area (Å²) in [4.78, 5) is 26.2. The van der Waals surface area contributed by atoms with Crippen molar-refractivity contribution in [2.45, 2.75) is 52.2 Å². The average molecular weight is 322 g/mol. The summed E-state index contributed by atoms with van der Waals surface area (Å²) in [6.45, 7) is 8.70. The first-order valence-corrected chi connectivity index (χ1v) is 8.03. The summed E-state index contributed by atoms with van der Waals surface area (Å²) >= 11 is 0. The lowest BCUT2D eigenvalue weighted by molar-refractivity contribution is 0.0434. The van der Waals surface area contributed by atoms with Crippen LogP contribution in [0.1, 0.15) is 51.0 Å². The number of amides is 2. The summed E-state index contributed by atoms with van der Waals surface area (Å²) in [5.41, 5.74) is -0.0585. The van der Waals surface area contributed by atoms with E-state index in [1.807, 2.05) is 25.7 Å². The van der Waals surface area contributed by atoms with Crippen LogP contribution in [0.15, 0.2) is 12.3 Å². The number of ether oxygens (including phenoxy) is 1. The highest BCUT2D eigenvalue weighted by molar-refractivity contribution is 5.92. The lowest BCUT2D eigenvalue weighted by atomic mass is 9.92. The average Bonchev–Trinajstić information content (AvgIpc) is 2.97. The predicted molar refractivity (Wildman–Crippen MR) is 86.0 cm³/mol. The van der Waals surface area contributed by atoms with Gasteiger partial charge in [0.2, 0.25) is 0 Å². The van der Waals surface area contributed by atoms with Crippen LogP contribution in [0.2, 0.25) is 0 Å². The van der Waals surface area contributed by atoms with Crippen LogP contribution in [0.4, 0.5) is 4.79 Å². The number of H-pyrrole nitrogens is 1. The number of carbonyl (C=O) groups is 2. The van der Waals surface area contributed by atoms with Crippen LogP contribution in [0.5, 0.6) is 0 Å². The van der Waals surface area contributed by atoms with E-state index in [0.717, 1.165) is 12.8 Å². The van der Waals surface area contributed by atoms with Gasteiger partial charge in [-0.25, -0.2) is 4.79 Å². The van der Waals surface area contributed by atoms with Crippen molar-refractivity contribution in [3.05, 3.63) is 18.0 Å². The molecule has 1 aromatic heterocycles. The van der Waals surface area contributed by atoms with Crippen molar-refractivity contribution in [3.8, 4) is 0 Å². The molecule has 0 spiro atoms. The molecule has 2 heterocycles. The van der Waals surface area contributed by atoms with Crippen molar-refractivity contribution >= 4 is 12.0 Å². The van der Waals surface area contributed by atoms with Crippen LogP contribution in [0, 0.1) is 5.92 Å². The van der Waals surface area contributed by atoms with Crippen LogP contribution in [0.25, 0.3) is 0 Å². The number of nitrogens with zero attached hydrogens (tertiary/aromatic N) is 2. The molecule has 2 N–H and O–H groups in total. The third kappa shape index (κ3) is 4.97. The molecule has 1 aliphatic heterocycles. The first-order chi connectivity index (χ1) is 10.8. The molecule has 2 rings (SSSR count). The molecular formula is C16H26N4O3. The number of hydrogen-bond acceptors (Lipinski definition) is 4. The Balaban J connectivity index is 1.98. The quantitative estimate of drug-likeness (QED) is 0.893. The number of alkyl carbamates (subject to hydrolysis) is 1. The van der Waals surface area contributed by atoms with Crippen molar-refractivity contribution in [1.82, 2.24) is 20.4 Å². The summed E-state index contributed by atoms with van der Waals surface area (Å²) in [7, 11) is 0. The number of likely N-dealkylation sites (tertiary alicyclic amines) is 1. The minimum absolute atomic E-state index is 0.0398. The zero-order valence-corrected chi connectivity index (χ0v) is 14.3. The van der Waals surface area contributed by atoms with E-state index < -0.39 is 11.7 Å². The van der Waals surface area contributed by atoms with Gasteiger partial charge in [0.15, 0.2) is 0 Å². The molecule has 7 nitrogen and oxygen atoms in total. The molecule has 0 aromatic carbocycles. The lowest BCUT2D eigenvalue weighted by Crippen LogP contribution is -2.51. The molecule has 1 aliphatic rings. The number of piperidine rings is 1. The van der Waals surface area contributed by atoms with Gasteiger partial charge < -0.3 is 15.0 Å². The number of aromatic nitrogens is 2. The van der Waals surface area contributed by atoms with Crippen LogP contribution >= 0.6 is 0 Å². The van der Waals surface area contributed by atoms with Crippen molar-refractivity contribution in [3.63, 3.8) is 0 Å². The Morgan fingerprint density at radius 2 is 2.22 bits per heavy atom. The van der Waals surface area contributed by atoms with Crippen molar-refractivity contribution in [2.24, 2.45) is 5.92 Å². The first-order valence-electron chi connectivity index (χ1n) is 8.03. The molecular weight excluding hydrogens is 296 g/mol. The Bertz CT molecular complexity index is 536. The van der Waals surface area contributed by atoms with E-state index in [0.29, 0.717) is 24.7 Å². The molecule has 2 atom stereocenters. The summed E-state index contributed by atoms with van der Waals surface area (Å²) in [6, 6.07) is 1.63. The Morgan fingerprint density at radius 1 is 1.48 bits per heavy atom. The molecule has 1 fully saturated rings. The van der Waals surface area contributed by atoms with Gasteiger partial charge >= 0.3 is 6.09 Å². The number of aromatic amines is 1. The highest BCUT2D eigenvalue weighted by atomic mass is 16.6. The maximum atomic E-state index is 12.6. The highest BCUT2D eigenvalue weighted by Crippen LogP contribution is 2.23. The van der Waals surface area contributed by atoms with Crippen LogP contribution in [-0.2, 0) is 4.74 Å². The van der Waals surface area contributed by atoms with Gasteiger partial charge in [0.25, 0.3) is 5.91 Å².